The number of nitro groups is 1. The van der Waals surface area contributed by atoms with Crippen molar-refractivity contribution >= 4 is 44.8 Å². The van der Waals surface area contributed by atoms with Gasteiger partial charge in [-0.3, -0.25) is 14.8 Å². The summed E-state index contributed by atoms with van der Waals surface area (Å²) in [6.45, 7) is 3.44. The van der Waals surface area contributed by atoms with Crippen LogP contribution in [0.5, 0.6) is 0 Å². The van der Waals surface area contributed by atoms with Gasteiger partial charge in [-0.15, -0.1) is 0 Å². The van der Waals surface area contributed by atoms with Crippen molar-refractivity contribution in [3.63, 3.8) is 0 Å². The van der Waals surface area contributed by atoms with E-state index < -0.39 is 16.3 Å². The lowest BCUT2D eigenvalue weighted by Gasteiger charge is -2.15. The molecular formula is C17H14BrFN8O2. The molecule has 0 spiro atoms. The van der Waals surface area contributed by atoms with E-state index in [0.29, 0.717) is 10.2 Å². The maximum Gasteiger partial charge on any atom is 0.271 e. The van der Waals surface area contributed by atoms with Gasteiger partial charge in [0.2, 0.25) is 5.95 Å². The number of halogens is 2. The highest BCUT2D eigenvalue weighted by Gasteiger charge is 2.20. The van der Waals surface area contributed by atoms with Gasteiger partial charge in [0.05, 0.1) is 39.2 Å². The van der Waals surface area contributed by atoms with E-state index in [-0.39, 0.29) is 23.1 Å². The van der Waals surface area contributed by atoms with E-state index in [2.05, 4.69) is 47.7 Å². The molecule has 0 radical (unpaired) electrons. The molecule has 0 aliphatic carbocycles. The maximum atomic E-state index is 14.0. The minimum absolute atomic E-state index is 0.104. The molecule has 0 unspecified atom stereocenters. The van der Waals surface area contributed by atoms with E-state index in [4.69, 9.17) is 0 Å². The molecule has 3 aromatic rings. The van der Waals surface area contributed by atoms with Crippen molar-refractivity contribution in [1.82, 2.24) is 19.7 Å². The highest BCUT2D eigenvalue weighted by atomic mass is 79.9. The van der Waals surface area contributed by atoms with Crippen molar-refractivity contribution in [2.75, 3.05) is 10.6 Å². The maximum absolute atomic E-state index is 14.0. The summed E-state index contributed by atoms with van der Waals surface area (Å²) in [6, 6.07) is 5.28. The summed E-state index contributed by atoms with van der Waals surface area (Å²) in [5.41, 5.74) is -0.645. The molecule has 0 atom stereocenters. The summed E-state index contributed by atoms with van der Waals surface area (Å²) in [7, 11) is 0. The first-order chi connectivity index (χ1) is 13.7. The number of aromatic nitrogens is 4. The molecule has 0 saturated carbocycles. The van der Waals surface area contributed by atoms with Gasteiger partial charge < -0.3 is 10.6 Å². The molecule has 0 fully saturated rings. The third kappa shape index (κ3) is 4.46. The zero-order valence-corrected chi connectivity index (χ0v) is 16.8. The summed E-state index contributed by atoms with van der Waals surface area (Å²) < 4.78 is 16.0. The van der Waals surface area contributed by atoms with Gasteiger partial charge in [-0.05, 0) is 35.8 Å². The van der Waals surface area contributed by atoms with Gasteiger partial charge in [-0.1, -0.05) is 0 Å². The largest absolute Gasteiger partial charge is 0.337 e. The number of benzene rings is 1. The Balaban J connectivity index is 1.85. The lowest BCUT2D eigenvalue weighted by atomic mass is 10.1. The number of rotatable bonds is 6. The molecular weight excluding hydrogens is 447 g/mol. The number of nitriles is 1. The van der Waals surface area contributed by atoms with Crippen LogP contribution in [0.3, 0.4) is 0 Å². The second kappa shape index (κ2) is 7.80. The first-order valence-corrected chi connectivity index (χ1v) is 8.96. The molecule has 2 heterocycles. The lowest BCUT2D eigenvalue weighted by molar-refractivity contribution is -0.384. The van der Waals surface area contributed by atoms with Gasteiger partial charge in [0, 0.05) is 18.3 Å². The first kappa shape index (κ1) is 20.2. The third-order valence-electron chi connectivity index (χ3n) is 3.84. The van der Waals surface area contributed by atoms with Crippen LogP contribution in [-0.4, -0.2) is 24.7 Å². The Morgan fingerprint density at radius 2 is 2.10 bits per heavy atom. The minimum atomic E-state index is -0.827. The third-order valence-corrected chi connectivity index (χ3v) is 4.42. The van der Waals surface area contributed by atoms with Crippen LogP contribution in [-0.2, 0) is 5.54 Å². The number of anilines is 4. The number of nitrogens with one attached hydrogen (secondary N) is 2. The standard InChI is InChI=1S/C17H14BrFN8O2/c1-17(2,9-20)26-8-10(6-22-26)23-16-21-7-12(18)15(25-16)24-14-5-11(27(28)29)3-4-13(14)19/h3-8H,1-2H3,(H2,21,23,24,25). The van der Waals surface area contributed by atoms with Gasteiger partial charge in [0.25, 0.3) is 5.69 Å². The van der Waals surface area contributed by atoms with Crippen molar-refractivity contribution < 1.29 is 9.31 Å². The Bertz CT molecular complexity index is 1120. The smallest absolute Gasteiger partial charge is 0.271 e. The predicted octanol–water partition coefficient (Wildman–Crippen LogP) is 4.23. The summed E-state index contributed by atoms with van der Waals surface area (Å²) in [5, 5.41) is 29.9. The van der Waals surface area contributed by atoms with E-state index in [1.165, 1.54) is 17.1 Å². The van der Waals surface area contributed by atoms with Crippen molar-refractivity contribution in [3.8, 4) is 6.07 Å². The van der Waals surface area contributed by atoms with Gasteiger partial charge >= 0.3 is 0 Å². The number of hydrogen-bond acceptors (Lipinski definition) is 8. The molecule has 3 rings (SSSR count). The lowest BCUT2D eigenvalue weighted by Crippen LogP contribution is -2.24. The average molecular weight is 461 g/mol. The first-order valence-electron chi connectivity index (χ1n) is 8.16. The van der Waals surface area contributed by atoms with E-state index in [1.54, 1.807) is 20.0 Å². The molecule has 0 bridgehead atoms. The second-order valence-corrected chi connectivity index (χ2v) is 7.26. The monoisotopic (exact) mass is 460 g/mol. The van der Waals surface area contributed by atoms with Crippen LogP contribution < -0.4 is 10.6 Å². The molecule has 148 valence electrons. The Hall–Kier alpha value is -3.59. The van der Waals surface area contributed by atoms with Crippen LogP contribution in [0.2, 0.25) is 0 Å². The highest BCUT2D eigenvalue weighted by Crippen LogP contribution is 2.29. The fourth-order valence-corrected chi connectivity index (χ4v) is 2.53. The van der Waals surface area contributed by atoms with Crippen LogP contribution in [0.15, 0.2) is 41.3 Å². The van der Waals surface area contributed by atoms with E-state index in [0.717, 1.165) is 18.2 Å². The molecule has 2 aromatic heterocycles. The molecule has 1 aromatic carbocycles. The molecule has 29 heavy (non-hydrogen) atoms. The number of nitrogens with zero attached hydrogens (tertiary/aromatic N) is 6. The van der Waals surface area contributed by atoms with Crippen LogP contribution in [0, 0.1) is 27.3 Å². The summed E-state index contributed by atoms with van der Waals surface area (Å²) in [4.78, 5) is 18.7. The van der Waals surface area contributed by atoms with Crippen molar-refractivity contribution in [3.05, 3.63) is 57.2 Å². The van der Waals surface area contributed by atoms with Gasteiger partial charge in [0.1, 0.15) is 17.2 Å². The fourth-order valence-electron chi connectivity index (χ4n) is 2.24. The fraction of sp³-hybridized carbons (Fsp3) is 0.176. The molecule has 2 N–H and O–H groups in total. The van der Waals surface area contributed by atoms with Crippen LogP contribution >= 0.6 is 15.9 Å². The van der Waals surface area contributed by atoms with Crippen LogP contribution in [0.1, 0.15) is 13.8 Å². The van der Waals surface area contributed by atoms with Crippen molar-refractivity contribution in [2.45, 2.75) is 19.4 Å². The average Bonchev–Trinajstić information content (AvgIpc) is 3.15. The van der Waals surface area contributed by atoms with E-state index in [1.807, 2.05) is 0 Å². The van der Waals surface area contributed by atoms with Crippen molar-refractivity contribution in [1.29, 1.82) is 5.26 Å². The van der Waals surface area contributed by atoms with Crippen molar-refractivity contribution in [2.24, 2.45) is 0 Å². The normalized spacial score (nSPS) is 11.0. The molecule has 12 heteroatoms. The predicted molar refractivity (Wildman–Crippen MR) is 107 cm³/mol. The number of non-ortho nitro benzene ring substituents is 1. The summed E-state index contributed by atoms with van der Waals surface area (Å²) in [5.74, 6) is -0.293. The van der Waals surface area contributed by atoms with Gasteiger partial charge in [-0.25, -0.2) is 9.37 Å². The molecule has 10 nitrogen and oxygen atoms in total. The topological polar surface area (TPSA) is 135 Å². The Morgan fingerprint density at radius 3 is 2.79 bits per heavy atom. The second-order valence-electron chi connectivity index (χ2n) is 6.41. The Labute approximate surface area is 172 Å². The quantitative estimate of drug-likeness (QED) is 0.412. The zero-order chi connectivity index (χ0) is 21.2. The molecule has 0 amide bonds. The number of hydrogen-bond donors (Lipinski definition) is 2. The molecule has 0 aliphatic heterocycles. The van der Waals surface area contributed by atoms with Crippen LogP contribution in [0.4, 0.5) is 33.2 Å². The highest BCUT2D eigenvalue weighted by molar-refractivity contribution is 9.10. The molecule has 0 saturated heterocycles. The number of nitro benzene ring substituents is 1. The van der Waals surface area contributed by atoms with E-state index in [9.17, 15) is 19.8 Å². The van der Waals surface area contributed by atoms with Crippen LogP contribution in [0.25, 0.3) is 0 Å². The molecule has 0 aliphatic rings. The van der Waals surface area contributed by atoms with Gasteiger partial charge in [-0.2, -0.15) is 15.3 Å². The van der Waals surface area contributed by atoms with Gasteiger partial charge in [0.15, 0.2) is 0 Å². The Morgan fingerprint density at radius 1 is 1.34 bits per heavy atom. The minimum Gasteiger partial charge on any atom is -0.337 e. The Kier molecular flexibility index (Phi) is 5.42. The van der Waals surface area contributed by atoms with E-state index >= 15 is 0 Å². The zero-order valence-electron chi connectivity index (χ0n) is 15.2. The summed E-state index contributed by atoms with van der Waals surface area (Å²) >= 11 is 3.26. The SMILES string of the molecule is CC(C)(C#N)n1cc(Nc2ncc(Br)c(Nc3cc([N+](=O)[O-])ccc3F)n2)cn1. The summed E-state index contributed by atoms with van der Waals surface area (Å²) in [6.07, 6.45) is 4.58.